The van der Waals surface area contributed by atoms with E-state index in [1.807, 2.05) is 0 Å². The monoisotopic (exact) mass is 219 g/mol. The second-order valence-electron chi connectivity index (χ2n) is 2.97. The number of carbonyl (C=O) groups is 1. The van der Waals surface area contributed by atoms with Crippen LogP contribution in [0.3, 0.4) is 0 Å². The number of ether oxygens (including phenoxy) is 1. The largest absolute Gasteiger partial charge is 0.493 e. The summed E-state index contributed by atoms with van der Waals surface area (Å²) in [5.74, 6) is -0.471. The molecular weight excluding hydrogens is 210 g/mol. The van der Waals surface area contributed by atoms with Crippen LogP contribution in [0.4, 0.5) is 0 Å². The number of rotatable bonds is 3. The lowest BCUT2D eigenvalue weighted by Crippen LogP contribution is -2.10. The molecule has 0 saturated heterocycles. The van der Waals surface area contributed by atoms with Crippen LogP contribution in [-0.2, 0) is 0 Å². The number of hydrogen-bond acceptors (Lipinski definition) is 4. The first-order chi connectivity index (χ1) is 7.74. The van der Waals surface area contributed by atoms with E-state index in [4.69, 9.17) is 9.84 Å². The van der Waals surface area contributed by atoms with Crippen LogP contribution < -0.4 is 4.74 Å². The predicted octanol–water partition coefficient (Wildman–Crippen LogP) is 0.974. The molecule has 0 saturated carbocycles. The van der Waals surface area contributed by atoms with Gasteiger partial charge in [-0.15, -0.1) is 0 Å². The summed E-state index contributed by atoms with van der Waals surface area (Å²) >= 11 is 0. The van der Waals surface area contributed by atoms with Crippen molar-refractivity contribution in [2.24, 2.45) is 0 Å². The van der Waals surface area contributed by atoms with Gasteiger partial charge < -0.3 is 9.84 Å². The highest BCUT2D eigenvalue weighted by atomic mass is 16.5. The van der Waals surface area contributed by atoms with Crippen LogP contribution in [0.1, 0.15) is 10.5 Å². The molecule has 0 atom stereocenters. The molecule has 6 nitrogen and oxygen atoms in total. The highest BCUT2D eigenvalue weighted by Crippen LogP contribution is 2.19. The van der Waals surface area contributed by atoms with Gasteiger partial charge >= 0.3 is 5.97 Å². The molecule has 0 aliphatic carbocycles. The Balaban J connectivity index is 2.58. The Morgan fingerprint density at radius 2 is 2.31 bits per heavy atom. The van der Waals surface area contributed by atoms with Crippen molar-refractivity contribution in [3.63, 3.8) is 0 Å². The third-order valence-corrected chi connectivity index (χ3v) is 2.02. The molecule has 0 fully saturated rings. The second-order valence-corrected chi connectivity index (χ2v) is 2.97. The number of aromatic nitrogens is 3. The quantitative estimate of drug-likeness (QED) is 0.832. The fourth-order valence-electron chi connectivity index (χ4n) is 1.33. The molecule has 1 N–H and O–H groups in total. The van der Waals surface area contributed by atoms with Crippen molar-refractivity contribution in [2.75, 3.05) is 7.11 Å². The minimum absolute atomic E-state index is 0.0406. The van der Waals surface area contributed by atoms with Crippen molar-refractivity contribution in [1.29, 1.82) is 0 Å². The topological polar surface area (TPSA) is 77.2 Å². The zero-order chi connectivity index (χ0) is 11.5. The third kappa shape index (κ3) is 1.60. The summed E-state index contributed by atoms with van der Waals surface area (Å²) < 4.78 is 6.14. The van der Waals surface area contributed by atoms with Gasteiger partial charge in [0.1, 0.15) is 0 Å². The van der Waals surface area contributed by atoms with E-state index in [2.05, 4.69) is 10.1 Å². The van der Waals surface area contributed by atoms with E-state index in [9.17, 15) is 4.79 Å². The third-order valence-electron chi connectivity index (χ3n) is 2.02. The summed E-state index contributed by atoms with van der Waals surface area (Å²) in [5, 5.41) is 13.0. The van der Waals surface area contributed by atoms with Crippen molar-refractivity contribution in [2.45, 2.75) is 0 Å². The van der Waals surface area contributed by atoms with Crippen molar-refractivity contribution >= 4 is 5.97 Å². The first-order valence-corrected chi connectivity index (χ1v) is 4.50. The highest BCUT2D eigenvalue weighted by Gasteiger charge is 2.19. The van der Waals surface area contributed by atoms with Gasteiger partial charge in [0.2, 0.25) is 0 Å². The number of methoxy groups -OCH3 is 1. The molecule has 6 heteroatoms. The van der Waals surface area contributed by atoms with Crippen LogP contribution in [0.15, 0.2) is 30.6 Å². The molecule has 0 spiro atoms. The molecule has 0 bridgehead atoms. The Hall–Kier alpha value is -2.37. The molecule has 0 amide bonds. The first kappa shape index (κ1) is 10.2. The molecule has 2 aromatic heterocycles. The van der Waals surface area contributed by atoms with E-state index in [-0.39, 0.29) is 11.4 Å². The number of carboxylic acid groups (broad SMARTS) is 1. The molecular formula is C10H9N3O3. The van der Waals surface area contributed by atoms with Gasteiger partial charge in [-0.05, 0) is 12.1 Å². The van der Waals surface area contributed by atoms with Gasteiger partial charge in [-0.25, -0.2) is 14.5 Å². The van der Waals surface area contributed by atoms with Gasteiger partial charge in [0.05, 0.1) is 13.3 Å². The van der Waals surface area contributed by atoms with Gasteiger partial charge in [0.25, 0.3) is 0 Å². The van der Waals surface area contributed by atoms with E-state index in [1.54, 1.807) is 24.4 Å². The molecule has 0 aliphatic rings. The minimum Gasteiger partial charge on any atom is -0.493 e. The summed E-state index contributed by atoms with van der Waals surface area (Å²) in [5.41, 5.74) is -0.0406. The second kappa shape index (κ2) is 4.01. The van der Waals surface area contributed by atoms with Crippen molar-refractivity contribution in [1.82, 2.24) is 14.8 Å². The Kier molecular flexibility index (Phi) is 2.55. The number of carboxylic acids is 1. The number of nitrogens with zero attached hydrogens (tertiary/aromatic N) is 3. The summed E-state index contributed by atoms with van der Waals surface area (Å²) in [4.78, 5) is 15.1. The van der Waals surface area contributed by atoms with E-state index >= 15 is 0 Å². The van der Waals surface area contributed by atoms with Gasteiger partial charge in [0, 0.05) is 6.20 Å². The average molecular weight is 219 g/mol. The molecule has 82 valence electrons. The lowest BCUT2D eigenvalue weighted by Gasteiger charge is -2.03. The Morgan fingerprint density at radius 3 is 2.88 bits per heavy atom. The van der Waals surface area contributed by atoms with Gasteiger partial charge in [-0.1, -0.05) is 6.07 Å². The Morgan fingerprint density at radius 1 is 1.50 bits per heavy atom. The van der Waals surface area contributed by atoms with Gasteiger partial charge in [-0.2, -0.15) is 5.10 Å². The van der Waals surface area contributed by atoms with E-state index in [0.717, 1.165) is 0 Å². The van der Waals surface area contributed by atoms with E-state index < -0.39 is 5.97 Å². The maximum Gasteiger partial charge on any atom is 0.358 e. The summed E-state index contributed by atoms with van der Waals surface area (Å²) in [6, 6.07) is 5.16. The van der Waals surface area contributed by atoms with Gasteiger partial charge in [-0.3, -0.25) is 0 Å². The van der Waals surface area contributed by atoms with Crippen LogP contribution in [0.2, 0.25) is 0 Å². The van der Waals surface area contributed by atoms with Crippen LogP contribution in [0.25, 0.3) is 5.82 Å². The van der Waals surface area contributed by atoms with E-state index in [0.29, 0.717) is 5.82 Å². The maximum absolute atomic E-state index is 11.1. The Bertz CT molecular complexity index is 507. The first-order valence-electron chi connectivity index (χ1n) is 4.50. The van der Waals surface area contributed by atoms with Crippen LogP contribution in [-0.4, -0.2) is 33.0 Å². The summed E-state index contributed by atoms with van der Waals surface area (Å²) in [7, 11) is 1.40. The molecule has 0 radical (unpaired) electrons. The summed E-state index contributed by atoms with van der Waals surface area (Å²) in [6.07, 6.45) is 2.91. The zero-order valence-electron chi connectivity index (χ0n) is 8.49. The van der Waals surface area contributed by atoms with Crippen molar-refractivity contribution in [3.05, 3.63) is 36.3 Å². The average Bonchev–Trinajstić information content (AvgIpc) is 2.73. The minimum atomic E-state index is -1.11. The van der Waals surface area contributed by atoms with Crippen LogP contribution in [0.5, 0.6) is 5.75 Å². The van der Waals surface area contributed by atoms with Crippen molar-refractivity contribution in [3.8, 4) is 11.6 Å². The standard InChI is InChI=1S/C10H9N3O3/c1-16-7-6-12-13(9(7)10(14)15)8-4-2-3-5-11-8/h2-6H,1H3,(H,14,15). The fraction of sp³-hybridized carbons (Fsp3) is 0.100. The maximum atomic E-state index is 11.1. The molecule has 0 aliphatic heterocycles. The normalized spacial score (nSPS) is 10.1. The number of hydrogen-bond donors (Lipinski definition) is 1. The molecule has 0 aromatic carbocycles. The van der Waals surface area contributed by atoms with Crippen LogP contribution in [0, 0.1) is 0 Å². The predicted molar refractivity (Wildman–Crippen MR) is 54.9 cm³/mol. The zero-order valence-corrected chi connectivity index (χ0v) is 8.49. The van der Waals surface area contributed by atoms with Crippen LogP contribution >= 0.6 is 0 Å². The lowest BCUT2D eigenvalue weighted by molar-refractivity contribution is 0.0683. The molecule has 16 heavy (non-hydrogen) atoms. The lowest BCUT2D eigenvalue weighted by atomic mass is 10.4. The van der Waals surface area contributed by atoms with E-state index in [1.165, 1.54) is 18.0 Å². The van der Waals surface area contributed by atoms with Gasteiger partial charge in [0.15, 0.2) is 17.3 Å². The molecule has 2 heterocycles. The number of aromatic carboxylic acids is 1. The Labute approximate surface area is 91.1 Å². The molecule has 2 aromatic rings. The SMILES string of the molecule is COc1cnn(-c2ccccn2)c1C(=O)O. The smallest absolute Gasteiger partial charge is 0.358 e. The number of pyridine rings is 1. The molecule has 0 unspecified atom stereocenters. The van der Waals surface area contributed by atoms with Crippen molar-refractivity contribution < 1.29 is 14.6 Å². The fourth-order valence-corrected chi connectivity index (χ4v) is 1.33. The summed E-state index contributed by atoms with van der Waals surface area (Å²) in [6.45, 7) is 0. The highest BCUT2D eigenvalue weighted by molar-refractivity contribution is 5.89. The molecule has 2 rings (SSSR count).